The van der Waals surface area contributed by atoms with E-state index in [-0.39, 0.29) is 6.42 Å². The molecule has 0 atom stereocenters. The quantitative estimate of drug-likeness (QED) is 0.353. The van der Waals surface area contributed by atoms with Gasteiger partial charge in [0.05, 0.1) is 26.2 Å². The van der Waals surface area contributed by atoms with Crippen LogP contribution in [0.1, 0.15) is 5.56 Å². The number of hydrogen-bond donors (Lipinski definition) is 0. The van der Waals surface area contributed by atoms with Crippen LogP contribution in [0.25, 0.3) is 22.6 Å². The van der Waals surface area contributed by atoms with Crippen LogP contribution in [0, 0.1) is 0 Å². The van der Waals surface area contributed by atoms with Crippen LogP contribution in [-0.4, -0.2) is 25.2 Å². The maximum atomic E-state index is 12.6. The van der Waals surface area contributed by atoms with Gasteiger partial charge in [-0.3, -0.25) is 4.79 Å². The summed E-state index contributed by atoms with van der Waals surface area (Å²) in [5.74, 6) is 1.58. The van der Waals surface area contributed by atoms with Gasteiger partial charge in [0.25, 0.3) is 0 Å². The molecule has 0 amide bonds. The van der Waals surface area contributed by atoms with E-state index < -0.39 is 5.97 Å². The average Bonchev–Trinajstić information content (AvgIpc) is 3.18. The number of para-hydroxylation sites is 3. The van der Waals surface area contributed by atoms with E-state index in [4.69, 9.17) is 18.6 Å². The fourth-order valence-corrected chi connectivity index (χ4v) is 3.05. The Labute approximate surface area is 167 Å². The fourth-order valence-electron chi connectivity index (χ4n) is 3.05. The summed E-state index contributed by atoms with van der Waals surface area (Å²) >= 11 is 0. The molecular formula is C23H19NO5. The number of rotatable bonds is 6. The van der Waals surface area contributed by atoms with E-state index in [0.29, 0.717) is 39.8 Å². The minimum Gasteiger partial charge on any atom is -0.497 e. The molecule has 29 heavy (non-hydrogen) atoms. The number of carbonyl (C=O) groups excluding carboxylic acids is 1. The molecule has 1 heterocycles. The highest BCUT2D eigenvalue weighted by atomic mass is 16.5. The SMILES string of the molecule is COc1ccc(OC)c(CC(=O)Oc2ccccc2-c2nc3ccccc3o2)c1. The molecule has 0 aliphatic heterocycles. The summed E-state index contributed by atoms with van der Waals surface area (Å²) in [6.07, 6.45) is 0.0300. The van der Waals surface area contributed by atoms with Crippen molar-refractivity contribution in [1.29, 1.82) is 0 Å². The molecule has 3 aromatic carbocycles. The largest absolute Gasteiger partial charge is 0.497 e. The lowest BCUT2D eigenvalue weighted by Crippen LogP contribution is -2.12. The van der Waals surface area contributed by atoms with Crippen molar-refractivity contribution >= 4 is 17.1 Å². The zero-order valence-corrected chi connectivity index (χ0v) is 16.0. The maximum Gasteiger partial charge on any atom is 0.315 e. The summed E-state index contributed by atoms with van der Waals surface area (Å²) in [6, 6.07) is 19.9. The van der Waals surface area contributed by atoms with Crippen LogP contribution in [0.5, 0.6) is 17.2 Å². The Hall–Kier alpha value is -3.80. The molecule has 146 valence electrons. The number of methoxy groups -OCH3 is 2. The van der Waals surface area contributed by atoms with E-state index in [1.807, 2.05) is 30.3 Å². The molecule has 0 fully saturated rings. The zero-order valence-electron chi connectivity index (χ0n) is 16.0. The third kappa shape index (κ3) is 3.91. The monoisotopic (exact) mass is 389 g/mol. The minimum absolute atomic E-state index is 0.0300. The van der Waals surface area contributed by atoms with Crippen molar-refractivity contribution in [3.05, 3.63) is 72.3 Å². The molecule has 6 heteroatoms. The van der Waals surface area contributed by atoms with Gasteiger partial charge in [0.2, 0.25) is 5.89 Å². The topological polar surface area (TPSA) is 70.8 Å². The predicted molar refractivity (Wildman–Crippen MR) is 108 cm³/mol. The van der Waals surface area contributed by atoms with Gasteiger partial charge in [-0.1, -0.05) is 24.3 Å². The number of ether oxygens (including phenoxy) is 3. The second-order valence-electron chi connectivity index (χ2n) is 6.31. The summed E-state index contributed by atoms with van der Waals surface area (Å²) in [5, 5.41) is 0. The molecular weight excluding hydrogens is 370 g/mol. The van der Waals surface area contributed by atoms with Crippen molar-refractivity contribution in [1.82, 2.24) is 4.98 Å². The molecule has 0 spiro atoms. The number of hydrogen-bond acceptors (Lipinski definition) is 6. The third-order valence-electron chi connectivity index (χ3n) is 4.46. The highest BCUT2D eigenvalue weighted by Gasteiger charge is 2.17. The van der Waals surface area contributed by atoms with Gasteiger partial charge in [0, 0.05) is 5.56 Å². The Morgan fingerprint density at radius 2 is 1.72 bits per heavy atom. The highest BCUT2D eigenvalue weighted by molar-refractivity contribution is 5.81. The van der Waals surface area contributed by atoms with E-state index in [9.17, 15) is 4.79 Å². The number of oxazole rings is 1. The molecule has 0 unspecified atom stereocenters. The van der Waals surface area contributed by atoms with Crippen LogP contribution in [-0.2, 0) is 11.2 Å². The van der Waals surface area contributed by atoms with Gasteiger partial charge < -0.3 is 18.6 Å². The fraction of sp³-hybridized carbons (Fsp3) is 0.130. The van der Waals surface area contributed by atoms with Gasteiger partial charge in [-0.15, -0.1) is 0 Å². The van der Waals surface area contributed by atoms with Crippen LogP contribution in [0.3, 0.4) is 0 Å². The molecule has 0 N–H and O–H groups in total. The van der Waals surface area contributed by atoms with Gasteiger partial charge in [-0.05, 0) is 42.5 Å². The second-order valence-corrected chi connectivity index (χ2v) is 6.31. The Bertz CT molecular complexity index is 1130. The zero-order chi connectivity index (χ0) is 20.2. The van der Waals surface area contributed by atoms with Crippen LogP contribution < -0.4 is 14.2 Å². The van der Waals surface area contributed by atoms with E-state index in [1.165, 1.54) is 0 Å². The lowest BCUT2D eigenvalue weighted by atomic mass is 10.1. The van der Waals surface area contributed by atoms with Gasteiger partial charge in [-0.25, -0.2) is 4.98 Å². The van der Waals surface area contributed by atoms with Crippen molar-refractivity contribution in [3.63, 3.8) is 0 Å². The normalized spacial score (nSPS) is 10.7. The highest BCUT2D eigenvalue weighted by Crippen LogP contribution is 2.32. The first-order valence-corrected chi connectivity index (χ1v) is 9.04. The molecule has 0 radical (unpaired) electrons. The van der Waals surface area contributed by atoms with E-state index in [1.54, 1.807) is 50.6 Å². The van der Waals surface area contributed by atoms with Crippen LogP contribution in [0.15, 0.2) is 71.1 Å². The summed E-state index contributed by atoms with van der Waals surface area (Å²) in [4.78, 5) is 17.1. The molecule has 0 saturated carbocycles. The van der Waals surface area contributed by atoms with Gasteiger partial charge in [-0.2, -0.15) is 0 Å². The summed E-state index contributed by atoms with van der Waals surface area (Å²) in [5.41, 5.74) is 2.69. The third-order valence-corrected chi connectivity index (χ3v) is 4.46. The number of esters is 1. The standard InChI is InChI=1S/C23H19NO5/c1-26-16-11-12-19(27-2)15(13-16)14-22(25)28-20-9-5-3-7-17(20)23-24-18-8-4-6-10-21(18)29-23/h3-13H,14H2,1-2H3. The van der Waals surface area contributed by atoms with Crippen molar-refractivity contribution in [2.75, 3.05) is 14.2 Å². The van der Waals surface area contributed by atoms with Crippen molar-refractivity contribution < 1.29 is 23.4 Å². The van der Waals surface area contributed by atoms with Gasteiger partial charge >= 0.3 is 5.97 Å². The molecule has 0 saturated heterocycles. The molecule has 1 aromatic heterocycles. The molecule has 0 aliphatic rings. The molecule has 4 rings (SSSR count). The summed E-state index contributed by atoms with van der Waals surface area (Å²) < 4.78 is 22.0. The lowest BCUT2D eigenvalue weighted by Gasteiger charge is -2.11. The Kier molecular flexibility index (Phi) is 5.16. The van der Waals surface area contributed by atoms with E-state index >= 15 is 0 Å². The van der Waals surface area contributed by atoms with Gasteiger partial charge in [0.1, 0.15) is 22.8 Å². The number of carbonyl (C=O) groups is 1. The maximum absolute atomic E-state index is 12.6. The Morgan fingerprint density at radius 3 is 2.52 bits per heavy atom. The second kappa shape index (κ2) is 8.06. The van der Waals surface area contributed by atoms with Crippen molar-refractivity contribution in [2.45, 2.75) is 6.42 Å². The molecule has 0 bridgehead atoms. The van der Waals surface area contributed by atoms with Crippen LogP contribution in [0.2, 0.25) is 0 Å². The average molecular weight is 389 g/mol. The molecule has 6 nitrogen and oxygen atoms in total. The predicted octanol–water partition coefficient (Wildman–Crippen LogP) is 4.66. The summed E-state index contributed by atoms with van der Waals surface area (Å²) in [6.45, 7) is 0. The van der Waals surface area contributed by atoms with Crippen LogP contribution in [0.4, 0.5) is 0 Å². The van der Waals surface area contributed by atoms with Crippen molar-refractivity contribution in [2.24, 2.45) is 0 Å². The molecule has 4 aromatic rings. The summed E-state index contributed by atoms with van der Waals surface area (Å²) in [7, 11) is 3.12. The molecule has 0 aliphatic carbocycles. The van der Waals surface area contributed by atoms with E-state index in [2.05, 4.69) is 4.98 Å². The minimum atomic E-state index is -0.430. The lowest BCUT2D eigenvalue weighted by molar-refractivity contribution is -0.133. The van der Waals surface area contributed by atoms with Crippen LogP contribution >= 0.6 is 0 Å². The number of nitrogens with zero attached hydrogens (tertiary/aromatic N) is 1. The number of benzene rings is 3. The first-order valence-electron chi connectivity index (χ1n) is 9.04. The first kappa shape index (κ1) is 18.6. The Morgan fingerprint density at radius 1 is 0.931 bits per heavy atom. The number of aromatic nitrogens is 1. The number of fused-ring (bicyclic) bond motifs is 1. The van der Waals surface area contributed by atoms with Crippen molar-refractivity contribution in [3.8, 4) is 28.7 Å². The first-order chi connectivity index (χ1) is 14.2. The van der Waals surface area contributed by atoms with Gasteiger partial charge in [0.15, 0.2) is 5.58 Å². The van der Waals surface area contributed by atoms with E-state index in [0.717, 1.165) is 5.52 Å². The smallest absolute Gasteiger partial charge is 0.315 e. The Balaban J connectivity index is 1.60.